The van der Waals surface area contributed by atoms with E-state index in [0.717, 1.165) is 38.4 Å². The molecule has 0 aliphatic rings. The quantitative estimate of drug-likeness (QED) is 0.168. The fraction of sp³-hybridized carbons (Fsp3) is 0. The number of hydrogen-bond acceptors (Lipinski definition) is 2. The number of fused-ring (bicyclic) bond motifs is 10. The van der Waals surface area contributed by atoms with Crippen LogP contribution in [0, 0.1) is 0 Å². The molecular formula is C56H34N2. The number of aromatic nitrogens is 2. The summed E-state index contributed by atoms with van der Waals surface area (Å²) in [7, 11) is 0. The van der Waals surface area contributed by atoms with E-state index < -0.39 is 0 Å². The van der Waals surface area contributed by atoms with Gasteiger partial charge >= 0.3 is 0 Å². The molecule has 0 saturated carbocycles. The Balaban J connectivity index is 1.17. The van der Waals surface area contributed by atoms with Gasteiger partial charge in [0.05, 0.1) is 16.7 Å². The second-order valence-electron chi connectivity index (χ2n) is 15.3. The number of nitrogens with zero attached hydrogens (tertiary/aromatic N) is 2. The first-order chi connectivity index (χ1) is 28.8. The molecule has 0 saturated heterocycles. The van der Waals surface area contributed by atoms with Gasteiger partial charge < -0.3 is 0 Å². The molecule has 0 aliphatic heterocycles. The molecule has 58 heavy (non-hydrogen) atoms. The van der Waals surface area contributed by atoms with E-state index in [0.29, 0.717) is 0 Å². The van der Waals surface area contributed by atoms with Crippen LogP contribution in [-0.4, -0.2) is 9.97 Å². The predicted octanol–water partition coefficient (Wildman–Crippen LogP) is 15.2. The first-order valence-corrected chi connectivity index (χ1v) is 19.9. The van der Waals surface area contributed by atoms with Gasteiger partial charge in [0.25, 0.3) is 0 Å². The van der Waals surface area contributed by atoms with Crippen LogP contribution in [0.25, 0.3) is 120 Å². The minimum absolute atomic E-state index is 0.966. The van der Waals surface area contributed by atoms with Crippen LogP contribution in [0.1, 0.15) is 0 Å². The van der Waals surface area contributed by atoms with Gasteiger partial charge in [-0.2, -0.15) is 0 Å². The molecule has 0 spiro atoms. The highest BCUT2D eigenvalue weighted by atomic mass is 14.7. The van der Waals surface area contributed by atoms with Crippen molar-refractivity contribution in [2.75, 3.05) is 0 Å². The van der Waals surface area contributed by atoms with Gasteiger partial charge in [-0.3, -0.25) is 4.98 Å². The van der Waals surface area contributed by atoms with E-state index >= 15 is 0 Å². The van der Waals surface area contributed by atoms with Crippen LogP contribution in [0.3, 0.4) is 0 Å². The van der Waals surface area contributed by atoms with E-state index in [2.05, 4.69) is 199 Å². The normalized spacial score (nSPS) is 11.8. The standard InChI is InChI=1S/C56H34N2/c1-3-15-39-37(13-1)31-50(44-19-7-5-17-42(39)44)51-34-55(52-32-38-14-2-4-16-40(38)43-18-6-8-20-45(43)52)58-56-48-23-10-9-21-46(48)49(33-53(51)56)36-27-25-35(26-28-36)41-29-30-57-54-24-12-11-22-47(41)54/h1-34H. The maximum Gasteiger partial charge on any atom is 0.0794 e. The second kappa shape index (κ2) is 12.9. The van der Waals surface area contributed by atoms with E-state index in [1.807, 2.05) is 12.3 Å². The van der Waals surface area contributed by atoms with Crippen molar-refractivity contribution in [3.63, 3.8) is 0 Å². The SMILES string of the molecule is c1ccc2c(c1)cc(-c1cc(-c3cc4ccccc4c4ccccc34)c3cc(-c4ccc(-c5ccnc6ccccc56)cc4)c4ccccc4c3n1)c1ccccc12. The van der Waals surface area contributed by atoms with Crippen molar-refractivity contribution in [2.45, 2.75) is 0 Å². The van der Waals surface area contributed by atoms with E-state index in [9.17, 15) is 0 Å². The number of pyridine rings is 2. The molecule has 2 heterocycles. The average Bonchev–Trinajstić information content (AvgIpc) is 3.30. The third-order valence-corrected chi connectivity index (χ3v) is 12.1. The number of hydrogen-bond donors (Lipinski definition) is 0. The van der Waals surface area contributed by atoms with Crippen molar-refractivity contribution in [1.29, 1.82) is 0 Å². The van der Waals surface area contributed by atoms with Crippen LogP contribution < -0.4 is 0 Å². The van der Waals surface area contributed by atoms with Crippen molar-refractivity contribution < 1.29 is 0 Å². The van der Waals surface area contributed by atoms with Crippen LogP contribution >= 0.6 is 0 Å². The number of benzene rings is 10. The summed E-state index contributed by atoms with van der Waals surface area (Å²) in [6.07, 6.45) is 1.91. The minimum Gasteiger partial charge on any atom is -0.256 e. The lowest BCUT2D eigenvalue weighted by molar-refractivity contribution is 1.41. The maximum atomic E-state index is 5.67. The molecule has 0 atom stereocenters. The molecule has 0 unspecified atom stereocenters. The monoisotopic (exact) mass is 734 g/mol. The molecule has 0 fully saturated rings. The molecule has 0 radical (unpaired) electrons. The van der Waals surface area contributed by atoms with Crippen molar-refractivity contribution >= 4 is 75.7 Å². The summed E-state index contributed by atoms with van der Waals surface area (Å²) in [4.78, 5) is 10.3. The van der Waals surface area contributed by atoms with Gasteiger partial charge in [0.1, 0.15) is 0 Å². The molecule has 0 amide bonds. The zero-order valence-electron chi connectivity index (χ0n) is 31.5. The van der Waals surface area contributed by atoms with Gasteiger partial charge in [-0.15, -0.1) is 0 Å². The molecule has 12 aromatic rings. The summed E-state index contributed by atoms with van der Waals surface area (Å²) in [6, 6.07) is 72.8. The molecule has 12 rings (SSSR count). The van der Waals surface area contributed by atoms with Gasteiger partial charge in [-0.25, -0.2) is 4.98 Å². The largest absolute Gasteiger partial charge is 0.256 e. The van der Waals surface area contributed by atoms with Crippen LogP contribution in [0.4, 0.5) is 0 Å². The molecule has 2 nitrogen and oxygen atoms in total. The van der Waals surface area contributed by atoms with Crippen LogP contribution in [0.15, 0.2) is 206 Å². The molecule has 10 aromatic carbocycles. The number of rotatable bonds is 4. The topological polar surface area (TPSA) is 25.8 Å². The summed E-state index contributed by atoms with van der Waals surface area (Å²) in [5.74, 6) is 0. The maximum absolute atomic E-state index is 5.67. The summed E-state index contributed by atoms with van der Waals surface area (Å²) in [6.45, 7) is 0. The lowest BCUT2D eigenvalue weighted by Crippen LogP contribution is -1.95. The van der Waals surface area contributed by atoms with Crippen molar-refractivity contribution in [3.05, 3.63) is 206 Å². The Labute approximate surface area is 335 Å². The molecular weight excluding hydrogens is 701 g/mol. The van der Waals surface area contributed by atoms with E-state index in [-0.39, 0.29) is 0 Å². The first kappa shape index (κ1) is 32.6. The highest BCUT2D eigenvalue weighted by Crippen LogP contribution is 2.45. The first-order valence-electron chi connectivity index (χ1n) is 19.9. The Hall–Kier alpha value is -7.68. The Morgan fingerprint density at radius 1 is 0.276 bits per heavy atom. The van der Waals surface area contributed by atoms with Gasteiger partial charge in [0.2, 0.25) is 0 Å². The summed E-state index contributed by atoms with van der Waals surface area (Å²) < 4.78 is 0. The molecule has 0 bridgehead atoms. The average molecular weight is 735 g/mol. The van der Waals surface area contributed by atoms with E-state index in [1.165, 1.54) is 81.9 Å². The molecule has 0 N–H and O–H groups in total. The lowest BCUT2D eigenvalue weighted by atomic mass is 9.87. The van der Waals surface area contributed by atoms with Gasteiger partial charge in [0, 0.05) is 27.9 Å². The summed E-state index contributed by atoms with van der Waals surface area (Å²) in [5, 5.41) is 14.5. The molecule has 2 aromatic heterocycles. The Kier molecular flexibility index (Phi) is 7.26. The fourth-order valence-corrected chi connectivity index (χ4v) is 9.37. The third kappa shape index (κ3) is 5.05. The Bertz CT molecular complexity index is 3610. The zero-order chi connectivity index (χ0) is 38.2. The number of para-hydroxylation sites is 1. The van der Waals surface area contributed by atoms with E-state index in [4.69, 9.17) is 4.98 Å². The fourth-order valence-electron chi connectivity index (χ4n) is 9.37. The summed E-state index contributed by atoms with van der Waals surface area (Å²) in [5.41, 5.74) is 11.2. The highest BCUT2D eigenvalue weighted by molar-refractivity contribution is 6.21. The van der Waals surface area contributed by atoms with Crippen LogP contribution in [0.5, 0.6) is 0 Å². The smallest absolute Gasteiger partial charge is 0.0794 e. The van der Waals surface area contributed by atoms with Gasteiger partial charge in [-0.05, 0) is 118 Å². The third-order valence-electron chi connectivity index (χ3n) is 12.1. The van der Waals surface area contributed by atoms with Crippen molar-refractivity contribution in [2.24, 2.45) is 0 Å². The van der Waals surface area contributed by atoms with Crippen LogP contribution in [-0.2, 0) is 0 Å². The molecule has 268 valence electrons. The zero-order valence-corrected chi connectivity index (χ0v) is 31.5. The molecule has 2 heteroatoms. The van der Waals surface area contributed by atoms with Gasteiger partial charge in [-0.1, -0.05) is 164 Å². The Morgan fingerprint density at radius 3 is 1.40 bits per heavy atom. The van der Waals surface area contributed by atoms with E-state index in [1.54, 1.807) is 0 Å². The van der Waals surface area contributed by atoms with Crippen molar-refractivity contribution in [3.8, 4) is 44.6 Å². The van der Waals surface area contributed by atoms with Gasteiger partial charge in [0.15, 0.2) is 0 Å². The lowest BCUT2D eigenvalue weighted by Gasteiger charge is -2.19. The minimum atomic E-state index is 0.966. The predicted molar refractivity (Wildman–Crippen MR) is 246 cm³/mol. The molecule has 0 aliphatic carbocycles. The second-order valence-corrected chi connectivity index (χ2v) is 15.3. The van der Waals surface area contributed by atoms with Crippen molar-refractivity contribution in [1.82, 2.24) is 9.97 Å². The summed E-state index contributed by atoms with van der Waals surface area (Å²) >= 11 is 0. The highest BCUT2D eigenvalue weighted by Gasteiger charge is 2.20. The van der Waals surface area contributed by atoms with Crippen LogP contribution in [0.2, 0.25) is 0 Å². The Morgan fingerprint density at radius 2 is 0.741 bits per heavy atom.